The minimum Gasteiger partial charge on any atom is -0.431 e. The third kappa shape index (κ3) is 2.71. The fourth-order valence-corrected chi connectivity index (χ4v) is 1.20. The lowest BCUT2D eigenvalue weighted by Crippen LogP contribution is -2.08. The number of aryl methyl sites for hydroxylation is 1. The van der Waals surface area contributed by atoms with Crippen molar-refractivity contribution in [3.05, 3.63) is 29.1 Å². The zero-order valence-electron chi connectivity index (χ0n) is 8.18. The van der Waals surface area contributed by atoms with Crippen LogP contribution >= 0.6 is 0 Å². The molecule has 0 saturated heterocycles. The van der Waals surface area contributed by atoms with Crippen LogP contribution in [0.5, 0.6) is 5.75 Å². The predicted octanol–water partition coefficient (Wildman–Crippen LogP) is 2.94. The molecule has 1 rings (SSSR count). The van der Waals surface area contributed by atoms with Gasteiger partial charge < -0.3 is 4.74 Å². The highest BCUT2D eigenvalue weighted by atomic mass is 19.3. The van der Waals surface area contributed by atoms with E-state index in [2.05, 4.69) is 4.74 Å². The van der Waals surface area contributed by atoms with E-state index in [1.165, 1.54) is 6.07 Å². The number of ketones is 1. The Bertz CT molecular complexity index is 388. The molecular weight excluding hydrogens is 209 g/mol. The zero-order chi connectivity index (χ0) is 11.6. The summed E-state index contributed by atoms with van der Waals surface area (Å²) >= 11 is 0. The molecule has 2 nitrogen and oxygen atoms in total. The van der Waals surface area contributed by atoms with Crippen molar-refractivity contribution in [2.24, 2.45) is 0 Å². The Morgan fingerprint density at radius 3 is 2.47 bits per heavy atom. The summed E-state index contributed by atoms with van der Waals surface area (Å²) in [5.74, 6) is -2.17. The SMILES string of the molecule is CC(=O)c1cc(C)cc(F)c1OC(F)F. The first kappa shape index (κ1) is 11.6. The molecule has 1 aromatic carbocycles. The number of Topliss-reactive ketones (excluding diaryl/α,β-unsaturated/α-hetero) is 1. The first-order valence-corrected chi connectivity index (χ1v) is 4.17. The largest absolute Gasteiger partial charge is 0.431 e. The van der Waals surface area contributed by atoms with Gasteiger partial charge >= 0.3 is 6.61 Å². The Balaban J connectivity index is 3.27. The molecule has 0 N–H and O–H groups in total. The Labute approximate surface area is 84.7 Å². The van der Waals surface area contributed by atoms with Crippen LogP contribution in [0.25, 0.3) is 0 Å². The summed E-state index contributed by atoms with van der Waals surface area (Å²) in [6.07, 6.45) is 0. The van der Waals surface area contributed by atoms with Gasteiger partial charge in [-0.3, -0.25) is 4.79 Å². The molecule has 0 saturated carbocycles. The maximum absolute atomic E-state index is 13.2. The Kier molecular flexibility index (Phi) is 3.34. The van der Waals surface area contributed by atoms with E-state index in [4.69, 9.17) is 0 Å². The van der Waals surface area contributed by atoms with Gasteiger partial charge in [-0.1, -0.05) is 0 Å². The van der Waals surface area contributed by atoms with Crippen molar-refractivity contribution in [3.8, 4) is 5.75 Å². The number of hydrogen-bond donors (Lipinski definition) is 0. The molecule has 0 spiro atoms. The summed E-state index contributed by atoms with van der Waals surface area (Å²) in [4.78, 5) is 11.1. The van der Waals surface area contributed by atoms with Crippen LogP contribution in [0.1, 0.15) is 22.8 Å². The second-order valence-electron chi connectivity index (χ2n) is 3.06. The van der Waals surface area contributed by atoms with Crippen molar-refractivity contribution in [2.75, 3.05) is 0 Å². The molecule has 0 bridgehead atoms. The van der Waals surface area contributed by atoms with E-state index < -0.39 is 24.0 Å². The monoisotopic (exact) mass is 218 g/mol. The smallest absolute Gasteiger partial charge is 0.387 e. The maximum atomic E-state index is 13.2. The molecule has 0 fully saturated rings. The number of halogens is 3. The summed E-state index contributed by atoms with van der Waals surface area (Å²) in [5, 5.41) is 0. The van der Waals surface area contributed by atoms with Crippen LogP contribution in [0.15, 0.2) is 12.1 Å². The van der Waals surface area contributed by atoms with Gasteiger partial charge in [-0.25, -0.2) is 4.39 Å². The second-order valence-corrected chi connectivity index (χ2v) is 3.06. The Hall–Kier alpha value is -1.52. The van der Waals surface area contributed by atoms with Crippen molar-refractivity contribution in [1.29, 1.82) is 0 Å². The number of benzene rings is 1. The van der Waals surface area contributed by atoms with Crippen molar-refractivity contribution >= 4 is 5.78 Å². The van der Waals surface area contributed by atoms with Gasteiger partial charge in [-0.05, 0) is 31.5 Å². The van der Waals surface area contributed by atoms with Gasteiger partial charge in [-0.15, -0.1) is 0 Å². The minimum atomic E-state index is -3.15. The van der Waals surface area contributed by atoms with E-state index in [-0.39, 0.29) is 5.56 Å². The molecule has 0 aromatic heterocycles. The van der Waals surface area contributed by atoms with Gasteiger partial charge in [0.2, 0.25) is 0 Å². The quantitative estimate of drug-likeness (QED) is 0.729. The highest BCUT2D eigenvalue weighted by molar-refractivity contribution is 5.97. The molecule has 0 aliphatic carbocycles. The normalized spacial score (nSPS) is 10.5. The highest BCUT2D eigenvalue weighted by Gasteiger charge is 2.18. The van der Waals surface area contributed by atoms with Crippen LogP contribution in [0.2, 0.25) is 0 Å². The van der Waals surface area contributed by atoms with E-state index in [1.54, 1.807) is 6.92 Å². The molecule has 0 atom stereocenters. The van der Waals surface area contributed by atoms with Crippen LogP contribution in [0.3, 0.4) is 0 Å². The van der Waals surface area contributed by atoms with Crippen molar-refractivity contribution < 1.29 is 22.7 Å². The number of rotatable bonds is 3. The molecule has 0 heterocycles. The number of hydrogen-bond acceptors (Lipinski definition) is 2. The van der Waals surface area contributed by atoms with E-state index in [9.17, 15) is 18.0 Å². The maximum Gasteiger partial charge on any atom is 0.387 e. The Morgan fingerprint density at radius 2 is 2.00 bits per heavy atom. The lowest BCUT2D eigenvalue weighted by atomic mass is 10.1. The van der Waals surface area contributed by atoms with Gasteiger partial charge in [0.25, 0.3) is 0 Å². The van der Waals surface area contributed by atoms with Crippen molar-refractivity contribution in [3.63, 3.8) is 0 Å². The molecule has 15 heavy (non-hydrogen) atoms. The van der Waals surface area contributed by atoms with Crippen LogP contribution in [0.4, 0.5) is 13.2 Å². The third-order valence-electron chi connectivity index (χ3n) is 1.77. The topological polar surface area (TPSA) is 26.3 Å². The molecule has 0 aliphatic heterocycles. The molecule has 1 aromatic rings. The standard InChI is InChI=1S/C10H9F3O2/c1-5-3-7(6(2)14)9(8(11)4-5)15-10(12)13/h3-4,10H,1-2H3. The van der Waals surface area contributed by atoms with Gasteiger partial charge in [0.05, 0.1) is 5.56 Å². The van der Waals surface area contributed by atoms with E-state index in [1.807, 2.05) is 0 Å². The fraction of sp³-hybridized carbons (Fsp3) is 0.300. The molecule has 0 unspecified atom stereocenters. The molecular formula is C10H9F3O2. The molecule has 0 aliphatic rings. The first-order chi connectivity index (χ1) is 6.91. The summed E-state index contributed by atoms with van der Waals surface area (Å²) in [5.41, 5.74) is 0.298. The van der Waals surface area contributed by atoms with Crippen LogP contribution in [-0.4, -0.2) is 12.4 Å². The van der Waals surface area contributed by atoms with Gasteiger partial charge in [0.1, 0.15) is 0 Å². The van der Waals surface area contributed by atoms with Gasteiger partial charge in [-0.2, -0.15) is 8.78 Å². The zero-order valence-corrected chi connectivity index (χ0v) is 8.18. The number of alkyl halides is 2. The third-order valence-corrected chi connectivity index (χ3v) is 1.77. The predicted molar refractivity (Wildman–Crippen MR) is 47.8 cm³/mol. The minimum absolute atomic E-state index is 0.173. The number of carbonyl (C=O) groups excluding carboxylic acids is 1. The van der Waals surface area contributed by atoms with Crippen LogP contribution in [-0.2, 0) is 0 Å². The van der Waals surface area contributed by atoms with Crippen molar-refractivity contribution in [2.45, 2.75) is 20.5 Å². The van der Waals surface area contributed by atoms with Crippen LogP contribution in [0, 0.1) is 12.7 Å². The highest BCUT2D eigenvalue weighted by Crippen LogP contribution is 2.26. The second kappa shape index (κ2) is 4.33. The molecule has 5 heteroatoms. The summed E-state index contributed by atoms with van der Waals surface area (Å²) in [7, 11) is 0. The average molecular weight is 218 g/mol. The number of carbonyl (C=O) groups is 1. The number of ether oxygens (including phenoxy) is 1. The molecule has 82 valence electrons. The summed E-state index contributed by atoms with van der Waals surface area (Å²) in [6, 6.07) is 2.34. The van der Waals surface area contributed by atoms with Gasteiger partial charge in [0, 0.05) is 0 Å². The van der Waals surface area contributed by atoms with Gasteiger partial charge in [0.15, 0.2) is 17.3 Å². The molecule has 0 radical (unpaired) electrons. The van der Waals surface area contributed by atoms with Crippen molar-refractivity contribution in [1.82, 2.24) is 0 Å². The first-order valence-electron chi connectivity index (χ1n) is 4.17. The molecule has 0 amide bonds. The lowest BCUT2D eigenvalue weighted by Gasteiger charge is -2.10. The van der Waals surface area contributed by atoms with E-state index in [0.29, 0.717) is 5.56 Å². The summed E-state index contributed by atoms with van der Waals surface area (Å²) in [6.45, 7) is -0.436. The summed E-state index contributed by atoms with van der Waals surface area (Å²) < 4.78 is 41.1. The van der Waals surface area contributed by atoms with Crippen LogP contribution < -0.4 is 4.74 Å². The average Bonchev–Trinajstić information content (AvgIpc) is 2.08. The Morgan fingerprint density at radius 1 is 1.40 bits per heavy atom. The van der Waals surface area contributed by atoms with E-state index >= 15 is 0 Å². The lowest BCUT2D eigenvalue weighted by molar-refractivity contribution is -0.0525. The van der Waals surface area contributed by atoms with E-state index in [0.717, 1.165) is 13.0 Å². The fourth-order valence-electron chi connectivity index (χ4n) is 1.20.